The molecule has 0 fully saturated rings. The van der Waals surface area contributed by atoms with Crippen molar-refractivity contribution in [1.82, 2.24) is 19.5 Å². The molecule has 136 valence electrons. The van der Waals surface area contributed by atoms with Crippen LogP contribution < -0.4 is 15.2 Å². The second-order valence-electron chi connectivity index (χ2n) is 6.00. The molecular formula is C20H18N4O3. The number of fused-ring (bicyclic) bond motifs is 1. The van der Waals surface area contributed by atoms with Gasteiger partial charge in [0.2, 0.25) is 0 Å². The van der Waals surface area contributed by atoms with Crippen LogP contribution in [0.25, 0.3) is 22.6 Å². The molecule has 0 radical (unpaired) electrons. The molecule has 0 aliphatic rings. The summed E-state index contributed by atoms with van der Waals surface area (Å²) in [7, 11) is 3.17. The van der Waals surface area contributed by atoms with Crippen LogP contribution in [-0.2, 0) is 6.54 Å². The number of ether oxygens (including phenoxy) is 2. The van der Waals surface area contributed by atoms with Crippen LogP contribution in [0.3, 0.4) is 0 Å². The number of aromatic amines is 1. The van der Waals surface area contributed by atoms with Gasteiger partial charge in [-0.05, 0) is 23.8 Å². The molecule has 0 amide bonds. The molecule has 2 aromatic carbocycles. The third-order valence-electron chi connectivity index (χ3n) is 4.34. The SMILES string of the molecule is COc1ccc(-c2cnc3[nH]c(=O)n(Cc4ccccc4)c3n2)cc1OC. The van der Waals surface area contributed by atoms with Crippen molar-refractivity contribution >= 4 is 11.3 Å². The fraction of sp³-hybridized carbons (Fsp3) is 0.150. The molecule has 0 bridgehead atoms. The predicted molar refractivity (Wildman–Crippen MR) is 102 cm³/mol. The van der Waals surface area contributed by atoms with Crippen LogP contribution >= 0.6 is 0 Å². The number of aromatic nitrogens is 4. The number of rotatable bonds is 5. The number of nitrogens with one attached hydrogen (secondary N) is 1. The Kier molecular flexibility index (Phi) is 4.33. The number of imidazole rings is 1. The summed E-state index contributed by atoms with van der Waals surface area (Å²) >= 11 is 0. The number of hydrogen-bond acceptors (Lipinski definition) is 5. The highest BCUT2D eigenvalue weighted by atomic mass is 16.5. The van der Waals surface area contributed by atoms with Gasteiger partial charge in [0.05, 0.1) is 32.7 Å². The Labute approximate surface area is 155 Å². The first-order chi connectivity index (χ1) is 13.2. The molecule has 2 aromatic heterocycles. The molecule has 7 heteroatoms. The summed E-state index contributed by atoms with van der Waals surface area (Å²) < 4.78 is 12.2. The summed E-state index contributed by atoms with van der Waals surface area (Å²) in [6, 6.07) is 15.3. The minimum absolute atomic E-state index is 0.238. The molecule has 4 rings (SSSR count). The van der Waals surface area contributed by atoms with Crippen molar-refractivity contribution in [2.75, 3.05) is 14.2 Å². The quantitative estimate of drug-likeness (QED) is 0.590. The summed E-state index contributed by atoms with van der Waals surface area (Å²) in [5.74, 6) is 1.24. The van der Waals surface area contributed by atoms with Gasteiger partial charge in [-0.1, -0.05) is 30.3 Å². The van der Waals surface area contributed by atoms with Gasteiger partial charge in [0.15, 0.2) is 22.8 Å². The Bertz CT molecular complexity index is 1150. The highest BCUT2D eigenvalue weighted by Gasteiger charge is 2.13. The average molecular weight is 362 g/mol. The van der Waals surface area contributed by atoms with Gasteiger partial charge in [-0.2, -0.15) is 0 Å². The number of hydrogen-bond donors (Lipinski definition) is 1. The molecule has 0 unspecified atom stereocenters. The van der Waals surface area contributed by atoms with E-state index in [-0.39, 0.29) is 5.69 Å². The summed E-state index contributed by atoms with van der Waals surface area (Å²) in [5.41, 5.74) is 3.21. The highest BCUT2D eigenvalue weighted by molar-refractivity contribution is 5.72. The van der Waals surface area contributed by atoms with E-state index < -0.39 is 0 Å². The second kappa shape index (κ2) is 6.95. The Morgan fingerprint density at radius 2 is 1.81 bits per heavy atom. The Balaban J connectivity index is 1.80. The van der Waals surface area contributed by atoms with Crippen LogP contribution in [-0.4, -0.2) is 33.7 Å². The Hall–Kier alpha value is -3.61. The Morgan fingerprint density at radius 3 is 2.56 bits per heavy atom. The largest absolute Gasteiger partial charge is 0.493 e. The lowest BCUT2D eigenvalue weighted by Gasteiger charge is -2.09. The van der Waals surface area contributed by atoms with Gasteiger partial charge in [0, 0.05) is 5.56 Å². The first kappa shape index (κ1) is 16.8. The second-order valence-corrected chi connectivity index (χ2v) is 6.00. The van der Waals surface area contributed by atoms with Crippen molar-refractivity contribution in [2.24, 2.45) is 0 Å². The minimum Gasteiger partial charge on any atom is -0.493 e. The van der Waals surface area contributed by atoms with E-state index in [4.69, 9.17) is 9.47 Å². The lowest BCUT2D eigenvalue weighted by Crippen LogP contribution is -2.17. The molecule has 0 spiro atoms. The molecule has 0 atom stereocenters. The molecular weight excluding hydrogens is 344 g/mol. The van der Waals surface area contributed by atoms with Gasteiger partial charge in [-0.3, -0.25) is 9.55 Å². The van der Waals surface area contributed by atoms with E-state index in [1.54, 1.807) is 25.0 Å². The first-order valence-electron chi connectivity index (χ1n) is 8.41. The van der Waals surface area contributed by atoms with E-state index >= 15 is 0 Å². The third kappa shape index (κ3) is 3.15. The van der Waals surface area contributed by atoms with E-state index in [1.165, 1.54) is 0 Å². The van der Waals surface area contributed by atoms with Gasteiger partial charge in [-0.15, -0.1) is 0 Å². The van der Waals surface area contributed by atoms with Crippen LogP contribution in [0.1, 0.15) is 5.56 Å². The maximum absolute atomic E-state index is 12.4. The normalized spacial score (nSPS) is 10.9. The molecule has 27 heavy (non-hydrogen) atoms. The smallest absolute Gasteiger partial charge is 0.329 e. The van der Waals surface area contributed by atoms with Crippen LogP contribution in [0.15, 0.2) is 59.5 Å². The molecule has 0 aliphatic heterocycles. The fourth-order valence-electron chi connectivity index (χ4n) is 2.97. The minimum atomic E-state index is -0.238. The van der Waals surface area contributed by atoms with Gasteiger partial charge < -0.3 is 9.47 Å². The topological polar surface area (TPSA) is 82.0 Å². The summed E-state index contributed by atoms with van der Waals surface area (Å²) in [5, 5.41) is 0. The van der Waals surface area contributed by atoms with Crippen LogP contribution in [0.2, 0.25) is 0 Å². The molecule has 0 saturated heterocycles. The van der Waals surface area contributed by atoms with E-state index in [0.29, 0.717) is 35.0 Å². The third-order valence-corrected chi connectivity index (χ3v) is 4.34. The molecule has 7 nitrogen and oxygen atoms in total. The van der Waals surface area contributed by atoms with E-state index in [1.807, 2.05) is 48.5 Å². The standard InChI is InChI=1S/C20H18N4O3/c1-26-16-9-8-14(10-17(16)27-2)15-11-21-18-19(22-15)24(20(25)23-18)12-13-6-4-3-5-7-13/h3-11H,12H2,1-2H3,(H,21,23,25). The predicted octanol–water partition coefficient (Wildman–Crippen LogP) is 2.85. The van der Waals surface area contributed by atoms with Crippen LogP contribution in [0, 0.1) is 0 Å². The van der Waals surface area contributed by atoms with Crippen LogP contribution in [0.4, 0.5) is 0 Å². The maximum atomic E-state index is 12.4. The maximum Gasteiger partial charge on any atom is 0.329 e. The summed E-state index contributed by atoms with van der Waals surface area (Å²) in [6.07, 6.45) is 1.63. The summed E-state index contributed by atoms with van der Waals surface area (Å²) in [6.45, 7) is 0.420. The zero-order valence-electron chi connectivity index (χ0n) is 15.0. The van der Waals surface area contributed by atoms with Crippen molar-refractivity contribution in [3.05, 3.63) is 70.8 Å². The highest BCUT2D eigenvalue weighted by Crippen LogP contribution is 2.31. The summed E-state index contributed by atoms with van der Waals surface area (Å²) in [4.78, 5) is 24.2. The lowest BCUT2D eigenvalue weighted by molar-refractivity contribution is 0.355. The number of benzene rings is 2. The zero-order chi connectivity index (χ0) is 18.8. The first-order valence-corrected chi connectivity index (χ1v) is 8.41. The van der Waals surface area contributed by atoms with Gasteiger partial charge in [0.25, 0.3) is 0 Å². The molecule has 1 N–H and O–H groups in total. The van der Waals surface area contributed by atoms with E-state index in [9.17, 15) is 4.79 Å². The van der Waals surface area contributed by atoms with Crippen LogP contribution in [0.5, 0.6) is 11.5 Å². The Morgan fingerprint density at radius 1 is 1.04 bits per heavy atom. The van der Waals surface area contributed by atoms with E-state index in [2.05, 4.69) is 15.0 Å². The van der Waals surface area contributed by atoms with E-state index in [0.717, 1.165) is 11.1 Å². The van der Waals surface area contributed by atoms with Gasteiger partial charge >= 0.3 is 5.69 Å². The van der Waals surface area contributed by atoms with Crippen molar-refractivity contribution in [3.63, 3.8) is 0 Å². The van der Waals surface area contributed by atoms with Gasteiger partial charge in [-0.25, -0.2) is 14.8 Å². The number of nitrogens with zero attached hydrogens (tertiary/aromatic N) is 3. The van der Waals surface area contributed by atoms with Gasteiger partial charge in [0.1, 0.15) is 0 Å². The molecule has 2 heterocycles. The molecule has 0 saturated carbocycles. The number of H-pyrrole nitrogens is 1. The van der Waals surface area contributed by atoms with Crippen molar-refractivity contribution in [2.45, 2.75) is 6.54 Å². The van der Waals surface area contributed by atoms with Crippen molar-refractivity contribution in [3.8, 4) is 22.8 Å². The zero-order valence-corrected chi connectivity index (χ0v) is 15.0. The van der Waals surface area contributed by atoms with Crippen molar-refractivity contribution in [1.29, 1.82) is 0 Å². The van der Waals surface area contributed by atoms with Crippen molar-refractivity contribution < 1.29 is 9.47 Å². The average Bonchev–Trinajstić information content (AvgIpc) is 3.02. The fourth-order valence-corrected chi connectivity index (χ4v) is 2.97. The lowest BCUT2D eigenvalue weighted by atomic mass is 10.1. The number of methoxy groups -OCH3 is 2. The monoisotopic (exact) mass is 362 g/mol. The molecule has 0 aliphatic carbocycles. The molecule has 4 aromatic rings.